The summed E-state index contributed by atoms with van der Waals surface area (Å²) < 4.78 is 6.73. The number of aromatic nitrogens is 1. The van der Waals surface area contributed by atoms with Crippen molar-refractivity contribution < 1.29 is 4.74 Å². The first-order chi connectivity index (χ1) is 8.22. The third-order valence-electron chi connectivity index (χ3n) is 2.33. The molecular formula is C13H12BrNOS. The van der Waals surface area contributed by atoms with Gasteiger partial charge in [-0.25, -0.2) is 4.98 Å². The molecule has 2 aromatic rings. The summed E-state index contributed by atoms with van der Waals surface area (Å²) in [4.78, 5) is 5.33. The third-order valence-corrected chi connectivity index (χ3v) is 4.07. The maximum Gasteiger partial charge on any atom is 0.233 e. The molecule has 0 N–H and O–H groups in total. The predicted octanol–water partition coefficient (Wildman–Crippen LogP) is 4.67. The summed E-state index contributed by atoms with van der Waals surface area (Å²) in [5, 5.41) is 0. The van der Waals surface area contributed by atoms with E-state index in [1.165, 1.54) is 0 Å². The Morgan fingerprint density at radius 3 is 2.76 bits per heavy atom. The van der Waals surface area contributed by atoms with Crippen molar-refractivity contribution in [3.05, 3.63) is 46.6 Å². The zero-order chi connectivity index (χ0) is 12.3. The summed E-state index contributed by atoms with van der Waals surface area (Å²) in [5.41, 5.74) is 1.11. The molecule has 1 aromatic carbocycles. The lowest BCUT2D eigenvalue weighted by Crippen LogP contribution is -1.92. The molecule has 2 rings (SSSR count). The van der Waals surface area contributed by atoms with Crippen LogP contribution in [0.1, 0.15) is 5.56 Å². The fourth-order valence-corrected chi connectivity index (χ4v) is 2.23. The van der Waals surface area contributed by atoms with E-state index in [2.05, 4.69) is 20.9 Å². The van der Waals surface area contributed by atoms with E-state index in [9.17, 15) is 0 Å². The van der Waals surface area contributed by atoms with Crippen LogP contribution in [-0.4, -0.2) is 11.2 Å². The summed E-state index contributed by atoms with van der Waals surface area (Å²) in [5.74, 6) is 1.44. The van der Waals surface area contributed by atoms with Crippen LogP contribution in [0.2, 0.25) is 0 Å². The monoisotopic (exact) mass is 309 g/mol. The highest BCUT2D eigenvalue weighted by Gasteiger charge is 2.08. The van der Waals surface area contributed by atoms with Gasteiger partial charge in [-0.1, -0.05) is 12.1 Å². The number of halogens is 1. The van der Waals surface area contributed by atoms with Gasteiger partial charge in [-0.05, 0) is 52.9 Å². The molecule has 88 valence electrons. The van der Waals surface area contributed by atoms with Gasteiger partial charge in [-0.2, -0.15) is 0 Å². The molecule has 0 aliphatic rings. The largest absolute Gasteiger partial charge is 0.437 e. The van der Waals surface area contributed by atoms with E-state index in [0.29, 0.717) is 5.88 Å². The molecule has 0 bridgehead atoms. The second-order valence-electron chi connectivity index (χ2n) is 3.50. The highest BCUT2D eigenvalue weighted by Crippen LogP contribution is 2.34. The van der Waals surface area contributed by atoms with Gasteiger partial charge >= 0.3 is 0 Å². The molecule has 4 heteroatoms. The van der Waals surface area contributed by atoms with Crippen molar-refractivity contribution in [2.45, 2.75) is 11.8 Å². The highest BCUT2D eigenvalue weighted by molar-refractivity contribution is 9.10. The van der Waals surface area contributed by atoms with Gasteiger partial charge in [0.2, 0.25) is 5.88 Å². The number of pyridine rings is 1. The van der Waals surface area contributed by atoms with E-state index < -0.39 is 0 Å². The van der Waals surface area contributed by atoms with Crippen LogP contribution in [0.4, 0.5) is 0 Å². The molecule has 0 spiro atoms. The SMILES string of the molecule is CSc1ccccc1Oc1nccc(C)c1Br. The number of hydrogen-bond donors (Lipinski definition) is 0. The normalized spacial score (nSPS) is 10.3. The Balaban J connectivity index is 2.35. The summed E-state index contributed by atoms with van der Waals surface area (Å²) in [6.45, 7) is 2.01. The first kappa shape index (κ1) is 12.5. The average molecular weight is 310 g/mol. The van der Waals surface area contributed by atoms with Crippen molar-refractivity contribution >= 4 is 27.7 Å². The quantitative estimate of drug-likeness (QED) is 0.769. The number of hydrogen-bond acceptors (Lipinski definition) is 3. The molecule has 0 amide bonds. The van der Waals surface area contributed by atoms with E-state index >= 15 is 0 Å². The molecular weight excluding hydrogens is 298 g/mol. The minimum Gasteiger partial charge on any atom is -0.437 e. The minimum atomic E-state index is 0.603. The average Bonchev–Trinajstić information content (AvgIpc) is 2.35. The summed E-state index contributed by atoms with van der Waals surface area (Å²) in [6.07, 6.45) is 3.78. The first-order valence-electron chi connectivity index (χ1n) is 5.14. The second-order valence-corrected chi connectivity index (χ2v) is 5.14. The fourth-order valence-electron chi connectivity index (χ4n) is 1.39. The van der Waals surface area contributed by atoms with Gasteiger partial charge in [0.15, 0.2) is 0 Å². The Bertz CT molecular complexity index is 531. The Hall–Kier alpha value is -1.00. The molecule has 0 saturated carbocycles. The fraction of sp³-hybridized carbons (Fsp3) is 0.154. The van der Waals surface area contributed by atoms with Crippen molar-refractivity contribution in [1.29, 1.82) is 0 Å². The van der Waals surface area contributed by atoms with Crippen LogP contribution in [-0.2, 0) is 0 Å². The molecule has 0 radical (unpaired) electrons. The Kier molecular flexibility index (Phi) is 4.07. The molecule has 0 unspecified atom stereocenters. The molecule has 1 heterocycles. The molecule has 0 fully saturated rings. The number of rotatable bonds is 3. The van der Waals surface area contributed by atoms with Crippen LogP contribution < -0.4 is 4.74 Å². The Morgan fingerprint density at radius 1 is 1.24 bits per heavy atom. The smallest absolute Gasteiger partial charge is 0.233 e. The Labute approximate surface area is 114 Å². The summed E-state index contributed by atoms with van der Waals surface area (Å²) in [7, 11) is 0. The number of ether oxygens (including phenoxy) is 1. The third kappa shape index (κ3) is 2.82. The van der Waals surface area contributed by atoms with Gasteiger partial charge in [0, 0.05) is 11.1 Å². The predicted molar refractivity (Wildman–Crippen MR) is 75.0 cm³/mol. The lowest BCUT2D eigenvalue weighted by Gasteiger charge is -2.10. The lowest BCUT2D eigenvalue weighted by atomic mass is 10.3. The molecule has 2 nitrogen and oxygen atoms in total. The van der Waals surface area contributed by atoms with Crippen LogP contribution >= 0.6 is 27.7 Å². The van der Waals surface area contributed by atoms with E-state index in [-0.39, 0.29) is 0 Å². The zero-order valence-corrected chi connectivity index (χ0v) is 12.0. The van der Waals surface area contributed by atoms with Gasteiger partial charge in [0.05, 0.1) is 4.47 Å². The number of benzene rings is 1. The molecule has 0 saturated heterocycles. The minimum absolute atomic E-state index is 0.603. The highest BCUT2D eigenvalue weighted by atomic mass is 79.9. The molecule has 1 aromatic heterocycles. The number of para-hydroxylation sites is 1. The van der Waals surface area contributed by atoms with E-state index in [0.717, 1.165) is 20.7 Å². The van der Waals surface area contributed by atoms with Gasteiger partial charge < -0.3 is 4.74 Å². The van der Waals surface area contributed by atoms with E-state index in [1.54, 1.807) is 18.0 Å². The Morgan fingerprint density at radius 2 is 2.00 bits per heavy atom. The number of nitrogens with zero attached hydrogens (tertiary/aromatic N) is 1. The topological polar surface area (TPSA) is 22.1 Å². The molecule has 0 aliphatic heterocycles. The van der Waals surface area contributed by atoms with E-state index in [1.807, 2.05) is 43.5 Å². The number of aryl methyl sites for hydroxylation is 1. The van der Waals surface area contributed by atoms with Crippen LogP contribution in [0.3, 0.4) is 0 Å². The van der Waals surface area contributed by atoms with Gasteiger partial charge in [-0.3, -0.25) is 0 Å². The van der Waals surface area contributed by atoms with Gasteiger partial charge in [-0.15, -0.1) is 11.8 Å². The standard InChI is InChI=1S/C13H12BrNOS/c1-9-7-8-15-13(12(9)14)16-10-5-3-4-6-11(10)17-2/h3-8H,1-2H3. The second kappa shape index (κ2) is 5.56. The first-order valence-corrected chi connectivity index (χ1v) is 7.16. The lowest BCUT2D eigenvalue weighted by molar-refractivity contribution is 0.448. The summed E-state index contributed by atoms with van der Waals surface area (Å²) >= 11 is 5.15. The van der Waals surface area contributed by atoms with Crippen LogP contribution in [0.15, 0.2) is 45.9 Å². The van der Waals surface area contributed by atoms with Crippen molar-refractivity contribution in [3.63, 3.8) is 0 Å². The van der Waals surface area contributed by atoms with Crippen molar-refractivity contribution in [1.82, 2.24) is 4.98 Å². The number of thioether (sulfide) groups is 1. The molecule has 0 atom stereocenters. The van der Waals surface area contributed by atoms with Crippen LogP contribution in [0.5, 0.6) is 11.6 Å². The van der Waals surface area contributed by atoms with Gasteiger partial charge in [0.1, 0.15) is 5.75 Å². The maximum atomic E-state index is 5.83. The van der Waals surface area contributed by atoms with Crippen molar-refractivity contribution in [2.24, 2.45) is 0 Å². The van der Waals surface area contributed by atoms with Gasteiger partial charge in [0.25, 0.3) is 0 Å². The zero-order valence-electron chi connectivity index (χ0n) is 9.61. The van der Waals surface area contributed by atoms with Crippen LogP contribution in [0.25, 0.3) is 0 Å². The summed E-state index contributed by atoms with van der Waals surface area (Å²) in [6, 6.07) is 9.87. The molecule has 17 heavy (non-hydrogen) atoms. The van der Waals surface area contributed by atoms with E-state index in [4.69, 9.17) is 4.74 Å². The van der Waals surface area contributed by atoms with Crippen LogP contribution in [0, 0.1) is 6.92 Å². The van der Waals surface area contributed by atoms with Crippen molar-refractivity contribution in [2.75, 3.05) is 6.26 Å². The van der Waals surface area contributed by atoms with Crippen molar-refractivity contribution in [3.8, 4) is 11.6 Å². The molecule has 0 aliphatic carbocycles. The maximum absolute atomic E-state index is 5.83.